The van der Waals surface area contributed by atoms with Crippen LogP contribution in [0.15, 0.2) is 22.7 Å². The lowest BCUT2D eigenvalue weighted by molar-refractivity contribution is 0.0953. The van der Waals surface area contributed by atoms with Gasteiger partial charge in [0.1, 0.15) is 0 Å². The SMILES string of the molecule is CCCNC(=O)c1cc(I)ccc1Br. The minimum atomic E-state index is -0.0164. The van der Waals surface area contributed by atoms with Gasteiger partial charge in [0.15, 0.2) is 0 Å². The molecule has 1 aromatic rings. The minimum Gasteiger partial charge on any atom is -0.352 e. The minimum absolute atomic E-state index is 0.0164. The van der Waals surface area contributed by atoms with Gasteiger partial charge in [0.25, 0.3) is 5.91 Å². The molecule has 0 atom stereocenters. The summed E-state index contributed by atoms with van der Waals surface area (Å²) in [5.74, 6) is -0.0164. The first-order chi connectivity index (χ1) is 6.65. The van der Waals surface area contributed by atoms with Crippen LogP contribution >= 0.6 is 38.5 Å². The molecule has 1 rings (SSSR count). The smallest absolute Gasteiger partial charge is 0.252 e. The molecule has 0 aliphatic heterocycles. The molecule has 0 aliphatic carbocycles. The zero-order valence-electron chi connectivity index (χ0n) is 7.81. The molecule has 0 aromatic heterocycles. The highest BCUT2D eigenvalue weighted by molar-refractivity contribution is 14.1. The van der Waals surface area contributed by atoms with Crippen molar-refractivity contribution in [1.82, 2.24) is 5.32 Å². The molecule has 0 spiro atoms. The summed E-state index contributed by atoms with van der Waals surface area (Å²) in [6.45, 7) is 2.75. The molecule has 0 saturated heterocycles. The highest BCUT2D eigenvalue weighted by atomic mass is 127. The number of carbonyl (C=O) groups excluding carboxylic acids is 1. The number of halogens is 2. The van der Waals surface area contributed by atoms with Crippen molar-refractivity contribution < 1.29 is 4.79 Å². The van der Waals surface area contributed by atoms with Crippen LogP contribution in [-0.2, 0) is 0 Å². The van der Waals surface area contributed by atoms with Gasteiger partial charge in [0.2, 0.25) is 0 Å². The average Bonchev–Trinajstić information content (AvgIpc) is 2.18. The summed E-state index contributed by atoms with van der Waals surface area (Å²) >= 11 is 5.55. The lowest BCUT2D eigenvalue weighted by atomic mass is 10.2. The topological polar surface area (TPSA) is 29.1 Å². The maximum absolute atomic E-state index is 11.6. The zero-order valence-corrected chi connectivity index (χ0v) is 11.6. The summed E-state index contributed by atoms with van der Waals surface area (Å²) in [6, 6.07) is 5.72. The summed E-state index contributed by atoms with van der Waals surface area (Å²) < 4.78 is 1.90. The van der Waals surface area contributed by atoms with Crippen molar-refractivity contribution in [2.24, 2.45) is 0 Å². The van der Waals surface area contributed by atoms with E-state index in [1.807, 2.05) is 25.1 Å². The van der Waals surface area contributed by atoms with Gasteiger partial charge in [-0.2, -0.15) is 0 Å². The summed E-state index contributed by atoms with van der Waals surface area (Å²) in [4.78, 5) is 11.6. The third-order valence-electron chi connectivity index (χ3n) is 1.71. The van der Waals surface area contributed by atoms with Gasteiger partial charge in [-0.15, -0.1) is 0 Å². The van der Waals surface area contributed by atoms with Gasteiger partial charge in [-0.1, -0.05) is 6.92 Å². The van der Waals surface area contributed by atoms with Crippen molar-refractivity contribution in [3.8, 4) is 0 Å². The number of rotatable bonds is 3. The van der Waals surface area contributed by atoms with Gasteiger partial charge in [-0.25, -0.2) is 0 Å². The molecular weight excluding hydrogens is 357 g/mol. The second-order valence-electron chi connectivity index (χ2n) is 2.88. The van der Waals surface area contributed by atoms with Gasteiger partial charge in [-0.05, 0) is 63.1 Å². The highest BCUT2D eigenvalue weighted by Crippen LogP contribution is 2.19. The molecule has 0 bridgehead atoms. The van der Waals surface area contributed by atoms with E-state index in [2.05, 4.69) is 43.8 Å². The fourth-order valence-corrected chi connectivity index (χ4v) is 1.92. The molecule has 0 saturated carbocycles. The quantitative estimate of drug-likeness (QED) is 0.816. The Morgan fingerprint density at radius 1 is 1.57 bits per heavy atom. The predicted octanol–water partition coefficient (Wildman–Crippen LogP) is 3.19. The Balaban J connectivity index is 2.83. The van der Waals surface area contributed by atoms with Crippen molar-refractivity contribution >= 4 is 44.4 Å². The third-order valence-corrected chi connectivity index (χ3v) is 3.07. The molecular formula is C10H11BrINO. The zero-order chi connectivity index (χ0) is 10.6. The van der Waals surface area contributed by atoms with E-state index in [0.717, 1.165) is 21.0 Å². The molecule has 14 heavy (non-hydrogen) atoms. The second-order valence-corrected chi connectivity index (χ2v) is 4.98. The van der Waals surface area contributed by atoms with Crippen molar-refractivity contribution in [1.29, 1.82) is 0 Å². The van der Waals surface area contributed by atoms with E-state index in [9.17, 15) is 4.79 Å². The molecule has 1 amide bonds. The lowest BCUT2D eigenvalue weighted by Crippen LogP contribution is -2.24. The molecule has 0 aliphatic rings. The van der Waals surface area contributed by atoms with Crippen molar-refractivity contribution in [3.63, 3.8) is 0 Å². The van der Waals surface area contributed by atoms with Gasteiger partial charge in [-0.3, -0.25) is 4.79 Å². The van der Waals surface area contributed by atoms with E-state index in [1.54, 1.807) is 0 Å². The lowest BCUT2D eigenvalue weighted by Gasteiger charge is -2.05. The normalized spacial score (nSPS) is 9.93. The summed E-state index contributed by atoms with van der Waals surface area (Å²) in [5, 5.41) is 2.84. The van der Waals surface area contributed by atoms with Crippen LogP contribution in [0, 0.1) is 3.57 Å². The number of carbonyl (C=O) groups is 1. The van der Waals surface area contributed by atoms with Gasteiger partial charge >= 0.3 is 0 Å². The molecule has 76 valence electrons. The van der Waals surface area contributed by atoms with Crippen molar-refractivity contribution in [3.05, 3.63) is 31.8 Å². The molecule has 2 nitrogen and oxygen atoms in total. The first kappa shape index (κ1) is 12.0. The fourth-order valence-electron chi connectivity index (χ4n) is 1.01. The van der Waals surface area contributed by atoms with E-state index in [-0.39, 0.29) is 5.91 Å². The summed E-state index contributed by atoms with van der Waals surface area (Å²) in [5.41, 5.74) is 0.699. The van der Waals surface area contributed by atoms with Crippen LogP contribution in [0.5, 0.6) is 0 Å². The van der Waals surface area contributed by atoms with Crippen LogP contribution in [0.1, 0.15) is 23.7 Å². The number of nitrogens with one attached hydrogen (secondary N) is 1. The standard InChI is InChI=1S/C10H11BrINO/c1-2-5-13-10(14)8-6-7(12)3-4-9(8)11/h3-4,6H,2,5H2,1H3,(H,13,14). The maximum Gasteiger partial charge on any atom is 0.252 e. The summed E-state index contributed by atoms with van der Waals surface area (Å²) in [7, 11) is 0. The Morgan fingerprint density at radius 3 is 2.93 bits per heavy atom. The third kappa shape index (κ3) is 3.24. The average molecular weight is 368 g/mol. The molecule has 0 unspecified atom stereocenters. The van der Waals surface area contributed by atoms with Crippen LogP contribution in [0.25, 0.3) is 0 Å². The Morgan fingerprint density at radius 2 is 2.29 bits per heavy atom. The molecule has 1 aromatic carbocycles. The molecule has 0 radical (unpaired) electrons. The second kappa shape index (κ2) is 5.70. The molecule has 4 heteroatoms. The Bertz CT molecular complexity index is 341. The van der Waals surface area contributed by atoms with Crippen LogP contribution in [0.2, 0.25) is 0 Å². The van der Waals surface area contributed by atoms with Crippen LogP contribution in [-0.4, -0.2) is 12.5 Å². The summed E-state index contributed by atoms with van der Waals surface area (Å²) in [6.07, 6.45) is 0.952. The van der Waals surface area contributed by atoms with E-state index < -0.39 is 0 Å². The fraction of sp³-hybridized carbons (Fsp3) is 0.300. The van der Waals surface area contributed by atoms with E-state index in [1.165, 1.54) is 0 Å². The molecule has 0 heterocycles. The highest BCUT2D eigenvalue weighted by Gasteiger charge is 2.08. The van der Waals surface area contributed by atoms with Crippen LogP contribution in [0.3, 0.4) is 0 Å². The predicted molar refractivity (Wildman–Crippen MR) is 69.5 cm³/mol. The van der Waals surface area contributed by atoms with Gasteiger partial charge in [0, 0.05) is 14.6 Å². The maximum atomic E-state index is 11.6. The molecule has 0 fully saturated rings. The van der Waals surface area contributed by atoms with Crippen LogP contribution in [0.4, 0.5) is 0 Å². The number of hydrogen-bond donors (Lipinski definition) is 1. The monoisotopic (exact) mass is 367 g/mol. The van der Waals surface area contributed by atoms with Gasteiger partial charge < -0.3 is 5.32 Å². The number of benzene rings is 1. The first-order valence-corrected chi connectivity index (χ1v) is 6.25. The van der Waals surface area contributed by atoms with Gasteiger partial charge in [0.05, 0.1) is 5.56 Å². The van der Waals surface area contributed by atoms with E-state index in [4.69, 9.17) is 0 Å². The number of amides is 1. The molecule has 1 N–H and O–H groups in total. The van der Waals surface area contributed by atoms with E-state index in [0.29, 0.717) is 5.56 Å². The Labute approximate surface area is 106 Å². The van der Waals surface area contributed by atoms with Crippen LogP contribution < -0.4 is 5.32 Å². The van der Waals surface area contributed by atoms with Crippen molar-refractivity contribution in [2.75, 3.05) is 6.54 Å². The van der Waals surface area contributed by atoms with Crippen molar-refractivity contribution in [2.45, 2.75) is 13.3 Å². The largest absolute Gasteiger partial charge is 0.352 e. The Hall–Kier alpha value is -0.100. The Kier molecular flexibility index (Phi) is 4.88. The first-order valence-electron chi connectivity index (χ1n) is 4.38. The van der Waals surface area contributed by atoms with E-state index >= 15 is 0 Å². The number of hydrogen-bond acceptors (Lipinski definition) is 1.